The molecule has 90 valence electrons. The zero-order chi connectivity index (χ0) is 11.7. The summed E-state index contributed by atoms with van der Waals surface area (Å²) in [6.07, 6.45) is -5.04. The van der Waals surface area contributed by atoms with Crippen LogP contribution in [0.3, 0.4) is 0 Å². The van der Waals surface area contributed by atoms with Gasteiger partial charge < -0.3 is 4.74 Å². The van der Waals surface area contributed by atoms with E-state index in [1.165, 1.54) is 0 Å². The van der Waals surface area contributed by atoms with Gasteiger partial charge in [0.05, 0.1) is 6.61 Å². The van der Waals surface area contributed by atoms with Gasteiger partial charge in [-0.25, -0.2) is 0 Å². The van der Waals surface area contributed by atoms with Crippen molar-refractivity contribution in [2.24, 2.45) is 0 Å². The summed E-state index contributed by atoms with van der Waals surface area (Å²) in [5, 5.41) is 0. The lowest BCUT2D eigenvalue weighted by atomic mass is 9.98. The molecule has 1 atom stereocenters. The summed E-state index contributed by atoms with van der Waals surface area (Å²) < 4.78 is 42.1. The molecule has 0 radical (unpaired) electrons. The highest BCUT2D eigenvalue weighted by molar-refractivity contribution is 4.86. The highest BCUT2D eigenvalue weighted by Crippen LogP contribution is 2.29. The van der Waals surface area contributed by atoms with Crippen molar-refractivity contribution >= 4 is 0 Å². The zero-order valence-electron chi connectivity index (χ0n) is 9.40. The number of halogens is 3. The second-order valence-corrected chi connectivity index (χ2v) is 4.51. The van der Waals surface area contributed by atoms with Gasteiger partial charge in [-0.15, -0.1) is 0 Å². The molecule has 0 bridgehead atoms. The van der Waals surface area contributed by atoms with Gasteiger partial charge in [-0.3, -0.25) is 4.90 Å². The van der Waals surface area contributed by atoms with Gasteiger partial charge in [-0.2, -0.15) is 13.2 Å². The molecule has 0 aromatic rings. The van der Waals surface area contributed by atoms with Crippen LogP contribution in [0.15, 0.2) is 0 Å². The quantitative estimate of drug-likeness (QED) is 0.715. The average Bonchev–Trinajstić information content (AvgIpc) is 2.17. The lowest BCUT2D eigenvalue weighted by molar-refractivity contribution is -0.242. The molecule has 1 aliphatic rings. The molecule has 1 fully saturated rings. The Balaban J connectivity index is 2.64. The van der Waals surface area contributed by atoms with Crippen molar-refractivity contribution in [1.29, 1.82) is 0 Å². The molecule has 0 aromatic carbocycles. The fraction of sp³-hybridized carbons (Fsp3) is 1.00. The van der Waals surface area contributed by atoms with Gasteiger partial charge >= 0.3 is 6.18 Å². The highest BCUT2D eigenvalue weighted by atomic mass is 19.4. The third kappa shape index (κ3) is 3.08. The van der Waals surface area contributed by atoms with Crippen LogP contribution in [-0.4, -0.2) is 42.4 Å². The maximum atomic E-state index is 12.5. The fourth-order valence-corrected chi connectivity index (χ4v) is 1.62. The lowest BCUT2D eigenvalue weighted by Gasteiger charge is -2.43. The van der Waals surface area contributed by atoms with Crippen molar-refractivity contribution in [2.45, 2.75) is 45.0 Å². The van der Waals surface area contributed by atoms with Crippen molar-refractivity contribution in [3.63, 3.8) is 0 Å². The van der Waals surface area contributed by atoms with E-state index >= 15 is 0 Å². The maximum Gasteiger partial charge on any atom is 0.415 e. The normalized spacial score (nSPS) is 25.6. The first-order valence-corrected chi connectivity index (χ1v) is 5.20. The molecule has 5 heteroatoms. The van der Waals surface area contributed by atoms with Crippen LogP contribution in [0.5, 0.6) is 0 Å². The molecule has 0 spiro atoms. The number of rotatable bonds is 2. The number of hydrogen-bond acceptors (Lipinski definition) is 2. The van der Waals surface area contributed by atoms with Crippen LogP contribution in [-0.2, 0) is 4.74 Å². The first-order chi connectivity index (χ1) is 6.77. The van der Waals surface area contributed by atoms with Gasteiger partial charge in [0.25, 0.3) is 0 Å². The van der Waals surface area contributed by atoms with E-state index in [9.17, 15) is 13.2 Å². The summed E-state index contributed by atoms with van der Waals surface area (Å²) in [6, 6.07) is 0. The molecule has 1 aliphatic heterocycles. The Hall–Kier alpha value is -0.290. The summed E-state index contributed by atoms with van der Waals surface area (Å²) in [4.78, 5) is 1.86. The van der Waals surface area contributed by atoms with Crippen molar-refractivity contribution in [3.8, 4) is 0 Å². The number of alkyl halides is 3. The summed E-state index contributed by atoms with van der Waals surface area (Å²) in [6.45, 7) is 6.60. The molecule has 1 rings (SSSR count). The van der Waals surface area contributed by atoms with Gasteiger partial charge in [-0.1, -0.05) is 6.92 Å². The van der Waals surface area contributed by atoms with Gasteiger partial charge in [0, 0.05) is 18.6 Å². The number of hydrogen-bond donors (Lipinski definition) is 0. The van der Waals surface area contributed by atoms with Gasteiger partial charge in [0.15, 0.2) is 6.10 Å². The van der Waals surface area contributed by atoms with E-state index in [0.717, 1.165) is 6.42 Å². The van der Waals surface area contributed by atoms with Crippen LogP contribution in [0.25, 0.3) is 0 Å². The third-order valence-electron chi connectivity index (χ3n) is 3.15. The van der Waals surface area contributed by atoms with Gasteiger partial charge in [-0.05, 0) is 20.3 Å². The van der Waals surface area contributed by atoms with E-state index in [0.29, 0.717) is 6.54 Å². The minimum atomic E-state index is -4.25. The minimum absolute atomic E-state index is 0.0513. The Morgan fingerprint density at radius 3 is 2.40 bits per heavy atom. The molecule has 0 aliphatic carbocycles. The van der Waals surface area contributed by atoms with Crippen molar-refractivity contribution in [3.05, 3.63) is 0 Å². The molecule has 0 amide bonds. The molecule has 0 N–H and O–H groups in total. The summed E-state index contributed by atoms with van der Waals surface area (Å²) in [5.41, 5.74) is -0.187. The van der Waals surface area contributed by atoms with Crippen LogP contribution < -0.4 is 0 Å². The first kappa shape index (κ1) is 12.8. The molecule has 0 aromatic heterocycles. The molecule has 15 heavy (non-hydrogen) atoms. The summed E-state index contributed by atoms with van der Waals surface area (Å²) >= 11 is 0. The van der Waals surface area contributed by atoms with Crippen LogP contribution in [0.2, 0.25) is 0 Å². The minimum Gasteiger partial charge on any atom is -0.366 e. The van der Waals surface area contributed by atoms with Gasteiger partial charge in [0.1, 0.15) is 0 Å². The number of morpholine rings is 1. The Kier molecular flexibility index (Phi) is 3.66. The fourth-order valence-electron chi connectivity index (χ4n) is 1.62. The zero-order valence-corrected chi connectivity index (χ0v) is 9.40. The van der Waals surface area contributed by atoms with E-state index in [1.807, 2.05) is 25.7 Å². The molecule has 1 unspecified atom stereocenters. The lowest BCUT2D eigenvalue weighted by Crippen LogP contribution is -2.56. The van der Waals surface area contributed by atoms with E-state index in [4.69, 9.17) is 4.74 Å². The van der Waals surface area contributed by atoms with Crippen molar-refractivity contribution < 1.29 is 17.9 Å². The highest BCUT2D eigenvalue weighted by Gasteiger charge is 2.45. The van der Waals surface area contributed by atoms with Crippen molar-refractivity contribution in [2.75, 3.05) is 19.7 Å². The van der Waals surface area contributed by atoms with Crippen LogP contribution in [0, 0.1) is 0 Å². The molecular weight excluding hydrogens is 207 g/mol. The SMILES string of the molecule is CCC(C)(C)N1CCOC(C(F)(F)F)C1. The second-order valence-electron chi connectivity index (χ2n) is 4.51. The Bertz CT molecular complexity index is 215. The molecule has 1 saturated heterocycles. The number of ether oxygens (including phenoxy) is 1. The van der Waals surface area contributed by atoms with E-state index < -0.39 is 12.3 Å². The molecular formula is C10H18F3NO. The standard InChI is InChI=1S/C10H18F3NO/c1-4-9(2,3)14-5-6-15-8(7-14)10(11,12)13/h8H,4-7H2,1-3H3. The van der Waals surface area contributed by atoms with Crippen molar-refractivity contribution in [1.82, 2.24) is 4.90 Å². The first-order valence-electron chi connectivity index (χ1n) is 5.20. The molecule has 1 heterocycles. The largest absolute Gasteiger partial charge is 0.415 e. The van der Waals surface area contributed by atoms with Gasteiger partial charge in [0.2, 0.25) is 0 Å². The van der Waals surface area contributed by atoms with Crippen LogP contribution in [0.4, 0.5) is 13.2 Å². The summed E-state index contributed by atoms with van der Waals surface area (Å²) in [7, 11) is 0. The average molecular weight is 225 g/mol. The Labute approximate surface area is 88.4 Å². The summed E-state index contributed by atoms with van der Waals surface area (Å²) in [5.74, 6) is 0. The number of nitrogens with zero attached hydrogens (tertiary/aromatic N) is 1. The Morgan fingerprint density at radius 2 is 1.93 bits per heavy atom. The predicted molar refractivity (Wildman–Crippen MR) is 51.7 cm³/mol. The van der Waals surface area contributed by atoms with E-state index in [2.05, 4.69) is 0 Å². The Morgan fingerprint density at radius 1 is 1.33 bits per heavy atom. The van der Waals surface area contributed by atoms with E-state index in [-0.39, 0.29) is 18.7 Å². The topological polar surface area (TPSA) is 12.5 Å². The third-order valence-corrected chi connectivity index (χ3v) is 3.15. The molecule has 0 saturated carbocycles. The van der Waals surface area contributed by atoms with Crippen LogP contribution in [0.1, 0.15) is 27.2 Å². The predicted octanol–water partition coefficient (Wildman–Crippen LogP) is 2.44. The molecule has 2 nitrogen and oxygen atoms in total. The smallest absolute Gasteiger partial charge is 0.366 e. The van der Waals surface area contributed by atoms with Crippen LogP contribution >= 0.6 is 0 Å². The second kappa shape index (κ2) is 4.29. The van der Waals surface area contributed by atoms with E-state index in [1.54, 1.807) is 0 Å². The monoisotopic (exact) mass is 225 g/mol. The maximum absolute atomic E-state index is 12.5.